The van der Waals surface area contributed by atoms with Crippen molar-refractivity contribution in [2.75, 3.05) is 24.2 Å². The minimum Gasteiger partial charge on any atom is -0.407 e. The Balaban J connectivity index is 2.23. The number of hydrogen-bond acceptors (Lipinski definition) is 7. The summed E-state index contributed by atoms with van der Waals surface area (Å²) >= 11 is 0. The van der Waals surface area contributed by atoms with E-state index in [4.69, 9.17) is 9.56 Å². The normalized spacial score (nSPS) is 11.7. The summed E-state index contributed by atoms with van der Waals surface area (Å²) in [5.74, 6) is 0.427. The van der Waals surface area contributed by atoms with E-state index in [-0.39, 0.29) is 11.8 Å². The third kappa shape index (κ3) is 6.52. The standard InChI is InChI=1S/C9H19N5O3S/c1-2-4-11-7-8-13-14-9(17-8)12-5-3-6-18(10,15)16/h11H,2-7H2,1H3,(H,12,14)(H2,10,15,16). The van der Waals surface area contributed by atoms with Crippen LogP contribution in [-0.4, -0.2) is 37.5 Å². The second-order valence-corrected chi connectivity index (χ2v) is 5.56. The second kappa shape index (κ2) is 7.29. The van der Waals surface area contributed by atoms with Crippen molar-refractivity contribution in [3.8, 4) is 0 Å². The van der Waals surface area contributed by atoms with E-state index in [9.17, 15) is 8.42 Å². The molecule has 0 aromatic carbocycles. The number of nitrogens with zero attached hydrogens (tertiary/aromatic N) is 2. The summed E-state index contributed by atoms with van der Waals surface area (Å²) in [6.45, 7) is 3.90. The summed E-state index contributed by atoms with van der Waals surface area (Å²) in [7, 11) is -3.40. The van der Waals surface area contributed by atoms with Crippen LogP contribution < -0.4 is 15.8 Å². The summed E-state index contributed by atoms with van der Waals surface area (Å²) in [4.78, 5) is 0. The van der Waals surface area contributed by atoms with E-state index in [1.54, 1.807) is 0 Å². The third-order valence-electron chi connectivity index (χ3n) is 2.05. The average molecular weight is 277 g/mol. The molecule has 8 nitrogen and oxygen atoms in total. The molecule has 1 heterocycles. The summed E-state index contributed by atoms with van der Waals surface area (Å²) in [6, 6.07) is 0.290. The van der Waals surface area contributed by atoms with Crippen LogP contribution in [0, 0.1) is 0 Å². The monoisotopic (exact) mass is 277 g/mol. The van der Waals surface area contributed by atoms with Crippen molar-refractivity contribution in [2.45, 2.75) is 26.3 Å². The van der Waals surface area contributed by atoms with E-state index in [0.29, 0.717) is 25.4 Å². The average Bonchev–Trinajstić information content (AvgIpc) is 2.72. The molecule has 4 N–H and O–H groups in total. The highest BCUT2D eigenvalue weighted by Gasteiger charge is 2.06. The molecule has 0 aliphatic carbocycles. The Hall–Kier alpha value is -1.19. The van der Waals surface area contributed by atoms with Gasteiger partial charge in [0.05, 0.1) is 12.3 Å². The molecule has 0 fully saturated rings. The fourth-order valence-electron chi connectivity index (χ4n) is 1.24. The molecule has 1 aromatic rings. The molecule has 0 aliphatic rings. The first-order chi connectivity index (χ1) is 8.51. The maximum atomic E-state index is 10.7. The van der Waals surface area contributed by atoms with Crippen LogP contribution in [-0.2, 0) is 16.6 Å². The van der Waals surface area contributed by atoms with E-state index in [1.165, 1.54) is 0 Å². The van der Waals surface area contributed by atoms with Gasteiger partial charge < -0.3 is 15.1 Å². The quantitative estimate of drug-likeness (QED) is 0.527. The lowest BCUT2D eigenvalue weighted by molar-refractivity contribution is 0.477. The first-order valence-electron chi connectivity index (χ1n) is 5.78. The summed E-state index contributed by atoms with van der Waals surface area (Å²) in [5.41, 5.74) is 0. The highest BCUT2D eigenvalue weighted by Crippen LogP contribution is 2.04. The Bertz CT molecular complexity index is 445. The fourth-order valence-corrected chi connectivity index (χ4v) is 1.78. The number of primary sulfonamides is 1. The van der Waals surface area contributed by atoms with Crippen molar-refractivity contribution in [3.05, 3.63) is 5.89 Å². The summed E-state index contributed by atoms with van der Waals surface area (Å²) < 4.78 is 26.7. The van der Waals surface area contributed by atoms with Crippen LogP contribution in [0.2, 0.25) is 0 Å². The van der Waals surface area contributed by atoms with Gasteiger partial charge in [0, 0.05) is 6.54 Å². The molecular formula is C9H19N5O3S. The highest BCUT2D eigenvalue weighted by atomic mass is 32.2. The van der Waals surface area contributed by atoms with Crippen molar-refractivity contribution in [1.29, 1.82) is 0 Å². The van der Waals surface area contributed by atoms with E-state index in [0.717, 1.165) is 13.0 Å². The molecule has 0 radical (unpaired) electrons. The SMILES string of the molecule is CCCNCc1nnc(NCCCS(N)(=O)=O)o1. The number of nitrogens with two attached hydrogens (primary N) is 1. The van der Waals surface area contributed by atoms with Crippen LogP contribution >= 0.6 is 0 Å². The second-order valence-electron chi connectivity index (χ2n) is 3.83. The maximum absolute atomic E-state index is 10.7. The Morgan fingerprint density at radius 3 is 2.78 bits per heavy atom. The maximum Gasteiger partial charge on any atom is 0.315 e. The zero-order valence-corrected chi connectivity index (χ0v) is 11.2. The predicted molar refractivity (Wildman–Crippen MR) is 67.4 cm³/mol. The van der Waals surface area contributed by atoms with Gasteiger partial charge in [-0.3, -0.25) is 0 Å². The van der Waals surface area contributed by atoms with Crippen molar-refractivity contribution in [3.63, 3.8) is 0 Å². The zero-order chi connectivity index (χ0) is 13.4. The van der Waals surface area contributed by atoms with E-state index < -0.39 is 10.0 Å². The molecular weight excluding hydrogens is 258 g/mol. The third-order valence-corrected chi connectivity index (χ3v) is 2.91. The van der Waals surface area contributed by atoms with Crippen molar-refractivity contribution >= 4 is 16.0 Å². The first-order valence-corrected chi connectivity index (χ1v) is 7.50. The van der Waals surface area contributed by atoms with E-state index in [1.807, 2.05) is 0 Å². The van der Waals surface area contributed by atoms with Crippen LogP contribution in [0.1, 0.15) is 25.7 Å². The largest absolute Gasteiger partial charge is 0.407 e. The van der Waals surface area contributed by atoms with Crippen LogP contribution in [0.15, 0.2) is 4.42 Å². The highest BCUT2D eigenvalue weighted by molar-refractivity contribution is 7.89. The van der Waals surface area contributed by atoms with Crippen LogP contribution in [0.5, 0.6) is 0 Å². The number of rotatable bonds is 9. The van der Waals surface area contributed by atoms with Gasteiger partial charge in [0.25, 0.3) is 0 Å². The summed E-state index contributed by atoms with van der Waals surface area (Å²) in [5, 5.41) is 18.5. The predicted octanol–water partition coefficient (Wildman–Crippen LogP) is -0.340. The fraction of sp³-hybridized carbons (Fsp3) is 0.778. The lowest BCUT2D eigenvalue weighted by Crippen LogP contribution is -2.18. The van der Waals surface area contributed by atoms with Crippen molar-refractivity contribution in [1.82, 2.24) is 15.5 Å². The van der Waals surface area contributed by atoms with Gasteiger partial charge in [0.15, 0.2) is 0 Å². The molecule has 18 heavy (non-hydrogen) atoms. The lowest BCUT2D eigenvalue weighted by Gasteiger charge is -2.00. The first kappa shape index (κ1) is 14.9. The number of sulfonamides is 1. The molecule has 0 aliphatic heterocycles. The number of nitrogens with one attached hydrogen (secondary N) is 2. The van der Waals surface area contributed by atoms with Gasteiger partial charge >= 0.3 is 6.01 Å². The van der Waals surface area contributed by atoms with Gasteiger partial charge in [-0.1, -0.05) is 12.0 Å². The van der Waals surface area contributed by atoms with Crippen LogP contribution in [0.3, 0.4) is 0 Å². The molecule has 0 atom stereocenters. The minimum absolute atomic E-state index is 0.0704. The molecule has 0 amide bonds. The van der Waals surface area contributed by atoms with Crippen molar-refractivity contribution in [2.24, 2.45) is 5.14 Å². The van der Waals surface area contributed by atoms with E-state index in [2.05, 4.69) is 27.8 Å². The summed E-state index contributed by atoms with van der Waals surface area (Å²) in [6.07, 6.45) is 1.43. The molecule has 0 spiro atoms. The van der Waals surface area contributed by atoms with Gasteiger partial charge in [-0.2, -0.15) is 0 Å². The van der Waals surface area contributed by atoms with Gasteiger partial charge in [-0.15, -0.1) is 5.10 Å². The van der Waals surface area contributed by atoms with Gasteiger partial charge in [-0.25, -0.2) is 13.6 Å². The topological polar surface area (TPSA) is 123 Å². The Morgan fingerprint density at radius 2 is 2.11 bits per heavy atom. The molecule has 1 aromatic heterocycles. The molecule has 0 saturated carbocycles. The Morgan fingerprint density at radius 1 is 1.33 bits per heavy atom. The zero-order valence-electron chi connectivity index (χ0n) is 10.3. The van der Waals surface area contributed by atoms with Crippen LogP contribution in [0.25, 0.3) is 0 Å². The molecule has 9 heteroatoms. The number of aromatic nitrogens is 2. The molecule has 1 rings (SSSR count). The smallest absolute Gasteiger partial charge is 0.315 e. The van der Waals surface area contributed by atoms with Gasteiger partial charge in [0.2, 0.25) is 15.9 Å². The number of anilines is 1. The Kier molecular flexibility index (Phi) is 6.02. The molecule has 0 unspecified atom stereocenters. The van der Waals surface area contributed by atoms with Crippen LogP contribution in [0.4, 0.5) is 6.01 Å². The minimum atomic E-state index is -3.40. The van der Waals surface area contributed by atoms with Gasteiger partial charge in [-0.05, 0) is 19.4 Å². The lowest BCUT2D eigenvalue weighted by atomic mass is 10.5. The van der Waals surface area contributed by atoms with Crippen molar-refractivity contribution < 1.29 is 12.8 Å². The molecule has 0 bridgehead atoms. The molecule has 104 valence electrons. The molecule has 0 saturated heterocycles. The Labute approximate surface area is 106 Å². The number of hydrogen-bond donors (Lipinski definition) is 3. The van der Waals surface area contributed by atoms with E-state index >= 15 is 0 Å². The van der Waals surface area contributed by atoms with Gasteiger partial charge in [0.1, 0.15) is 0 Å².